The molecule has 112 valence electrons. The smallest absolute Gasteiger partial charge is 0.325 e. The van der Waals surface area contributed by atoms with E-state index >= 15 is 0 Å². The van der Waals surface area contributed by atoms with Crippen molar-refractivity contribution >= 4 is 16.0 Å². The van der Waals surface area contributed by atoms with E-state index in [1.165, 1.54) is 0 Å². The Balaban J connectivity index is 2.88. The Morgan fingerprint density at radius 1 is 1.25 bits per heavy atom. The van der Waals surface area contributed by atoms with E-state index in [0.717, 1.165) is 11.8 Å². The minimum Gasteiger partial charge on any atom is -0.459 e. The van der Waals surface area contributed by atoms with Crippen LogP contribution in [-0.2, 0) is 26.0 Å². The summed E-state index contributed by atoms with van der Waals surface area (Å²) in [5, 5.41) is 0. The molecule has 5 nitrogen and oxygen atoms in total. The van der Waals surface area contributed by atoms with Crippen LogP contribution in [0, 0.1) is 0 Å². The number of sulfonamides is 1. The van der Waals surface area contributed by atoms with E-state index in [0.29, 0.717) is 0 Å². The van der Waals surface area contributed by atoms with Crippen LogP contribution >= 0.6 is 0 Å². The van der Waals surface area contributed by atoms with E-state index in [1.54, 1.807) is 20.8 Å². The average molecular weight is 299 g/mol. The van der Waals surface area contributed by atoms with Crippen LogP contribution in [0.5, 0.6) is 0 Å². The number of carbonyl (C=O) groups is 1. The van der Waals surface area contributed by atoms with Crippen molar-refractivity contribution in [2.45, 2.75) is 38.8 Å². The second-order valence-electron chi connectivity index (χ2n) is 5.67. The lowest BCUT2D eigenvalue weighted by Gasteiger charge is -2.24. The standard InChI is InChI=1S/C14H21NO4S/c1-14(2,3)19-13(16)12(15-20(4,17)18)10-11-8-6-5-7-9-11/h5-9,12,15H,10H2,1-4H3/t12-/m0/s1. The first-order valence-corrected chi connectivity index (χ1v) is 8.20. The monoisotopic (exact) mass is 299 g/mol. The van der Waals surface area contributed by atoms with E-state index in [1.807, 2.05) is 30.3 Å². The predicted octanol–water partition coefficient (Wildman–Crippen LogP) is 1.49. The summed E-state index contributed by atoms with van der Waals surface area (Å²) < 4.78 is 30.3. The van der Waals surface area contributed by atoms with Gasteiger partial charge in [-0.25, -0.2) is 13.1 Å². The number of ether oxygens (including phenoxy) is 1. The van der Waals surface area contributed by atoms with Gasteiger partial charge in [0.2, 0.25) is 10.0 Å². The number of rotatable bonds is 5. The third-order valence-corrected chi connectivity index (χ3v) is 3.04. The van der Waals surface area contributed by atoms with E-state index in [4.69, 9.17) is 4.74 Å². The quantitative estimate of drug-likeness (QED) is 0.836. The van der Waals surface area contributed by atoms with Gasteiger partial charge in [0, 0.05) is 0 Å². The number of benzene rings is 1. The maximum absolute atomic E-state index is 12.1. The number of hydrogen-bond acceptors (Lipinski definition) is 4. The van der Waals surface area contributed by atoms with Gasteiger partial charge in [-0.2, -0.15) is 0 Å². The molecule has 0 aliphatic rings. The Labute approximate surface area is 120 Å². The van der Waals surface area contributed by atoms with Gasteiger partial charge in [0.15, 0.2) is 0 Å². The van der Waals surface area contributed by atoms with Crippen LogP contribution in [0.15, 0.2) is 30.3 Å². The van der Waals surface area contributed by atoms with Gasteiger partial charge < -0.3 is 4.74 Å². The molecule has 0 saturated heterocycles. The summed E-state index contributed by atoms with van der Waals surface area (Å²) in [6.45, 7) is 5.22. The van der Waals surface area contributed by atoms with Gasteiger partial charge in [0.05, 0.1) is 6.26 Å². The zero-order chi connectivity index (χ0) is 15.4. The summed E-state index contributed by atoms with van der Waals surface area (Å²) in [6, 6.07) is 8.27. The number of carbonyl (C=O) groups excluding carboxylic acids is 1. The van der Waals surface area contributed by atoms with Crippen molar-refractivity contribution in [1.29, 1.82) is 0 Å². The Bertz CT molecular complexity index is 546. The summed E-state index contributed by atoms with van der Waals surface area (Å²) in [5.41, 5.74) is 0.199. The highest BCUT2D eigenvalue weighted by atomic mass is 32.2. The molecule has 20 heavy (non-hydrogen) atoms. The van der Waals surface area contributed by atoms with Crippen LogP contribution in [-0.4, -0.2) is 32.3 Å². The van der Waals surface area contributed by atoms with Crippen LogP contribution in [0.1, 0.15) is 26.3 Å². The van der Waals surface area contributed by atoms with Crippen molar-refractivity contribution in [3.05, 3.63) is 35.9 Å². The number of esters is 1. The van der Waals surface area contributed by atoms with Crippen LogP contribution in [0.2, 0.25) is 0 Å². The molecule has 0 aliphatic carbocycles. The van der Waals surface area contributed by atoms with Crippen molar-refractivity contribution in [3.63, 3.8) is 0 Å². The molecule has 0 unspecified atom stereocenters. The van der Waals surface area contributed by atoms with E-state index in [-0.39, 0.29) is 6.42 Å². The van der Waals surface area contributed by atoms with Gasteiger partial charge in [-0.1, -0.05) is 30.3 Å². The van der Waals surface area contributed by atoms with E-state index in [2.05, 4.69) is 4.72 Å². The Morgan fingerprint density at radius 3 is 2.25 bits per heavy atom. The average Bonchev–Trinajstić information content (AvgIpc) is 2.25. The zero-order valence-corrected chi connectivity index (χ0v) is 13.0. The molecule has 0 fully saturated rings. The highest BCUT2D eigenvalue weighted by Crippen LogP contribution is 2.12. The van der Waals surface area contributed by atoms with Crippen LogP contribution in [0.3, 0.4) is 0 Å². The fourth-order valence-corrected chi connectivity index (χ4v) is 2.35. The summed E-state index contributed by atoms with van der Waals surface area (Å²) in [4.78, 5) is 12.1. The first-order valence-electron chi connectivity index (χ1n) is 6.31. The lowest BCUT2D eigenvalue weighted by atomic mass is 10.1. The largest absolute Gasteiger partial charge is 0.459 e. The zero-order valence-electron chi connectivity index (χ0n) is 12.2. The maximum Gasteiger partial charge on any atom is 0.325 e. The van der Waals surface area contributed by atoms with Gasteiger partial charge >= 0.3 is 5.97 Å². The fourth-order valence-electron chi connectivity index (χ4n) is 1.65. The van der Waals surface area contributed by atoms with Crippen LogP contribution in [0.25, 0.3) is 0 Å². The Hall–Kier alpha value is -1.40. The summed E-state index contributed by atoms with van der Waals surface area (Å²) in [5.74, 6) is -0.577. The number of nitrogens with one attached hydrogen (secondary N) is 1. The second-order valence-corrected chi connectivity index (χ2v) is 7.45. The third kappa shape index (κ3) is 6.68. The van der Waals surface area contributed by atoms with Gasteiger partial charge in [0.1, 0.15) is 11.6 Å². The molecule has 0 saturated carbocycles. The van der Waals surface area contributed by atoms with E-state index in [9.17, 15) is 13.2 Å². The molecule has 0 bridgehead atoms. The van der Waals surface area contributed by atoms with Gasteiger partial charge in [0.25, 0.3) is 0 Å². The van der Waals surface area contributed by atoms with Crippen molar-refractivity contribution in [2.24, 2.45) is 0 Å². The lowest BCUT2D eigenvalue weighted by molar-refractivity contribution is -0.156. The molecular weight excluding hydrogens is 278 g/mol. The van der Waals surface area contributed by atoms with Gasteiger partial charge in [-0.15, -0.1) is 0 Å². The molecule has 1 atom stereocenters. The van der Waals surface area contributed by atoms with Crippen molar-refractivity contribution in [1.82, 2.24) is 4.72 Å². The SMILES string of the molecule is CC(C)(C)OC(=O)[C@H](Cc1ccccc1)NS(C)(=O)=O. The molecule has 1 N–H and O–H groups in total. The molecule has 0 spiro atoms. The summed E-state index contributed by atoms with van der Waals surface area (Å²) in [6.07, 6.45) is 1.28. The molecule has 0 radical (unpaired) electrons. The normalized spacial score (nSPS) is 13.8. The minimum absolute atomic E-state index is 0.253. The van der Waals surface area contributed by atoms with Gasteiger partial charge in [-0.3, -0.25) is 4.79 Å². The fraction of sp³-hybridized carbons (Fsp3) is 0.500. The lowest BCUT2D eigenvalue weighted by Crippen LogP contribution is -2.45. The molecule has 0 amide bonds. The molecule has 1 aromatic rings. The first-order chi connectivity index (χ1) is 9.07. The van der Waals surface area contributed by atoms with Crippen molar-refractivity contribution < 1.29 is 17.9 Å². The molecule has 0 heterocycles. The molecule has 0 aliphatic heterocycles. The van der Waals surface area contributed by atoms with Crippen molar-refractivity contribution in [2.75, 3.05) is 6.26 Å². The topological polar surface area (TPSA) is 72.5 Å². The molecule has 1 aromatic carbocycles. The molecule has 6 heteroatoms. The Morgan fingerprint density at radius 2 is 1.80 bits per heavy atom. The Kier molecular flexibility index (Phi) is 5.30. The van der Waals surface area contributed by atoms with E-state index < -0.39 is 27.6 Å². The number of hydrogen-bond donors (Lipinski definition) is 1. The maximum atomic E-state index is 12.1. The van der Waals surface area contributed by atoms with Crippen LogP contribution < -0.4 is 4.72 Å². The molecule has 1 rings (SSSR count). The third-order valence-electron chi connectivity index (χ3n) is 2.33. The summed E-state index contributed by atoms with van der Waals surface area (Å²) in [7, 11) is -3.49. The molecule has 0 aromatic heterocycles. The second kappa shape index (κ2) is 6.37. The highest BCUT2D eigenvalue weighted by molar-refractivity contribution is 7.88. The molecular formula is C14H21NO4S. The van der Waals surface area contributed by atoms with Crippen LogP contribution in [0.4, 0.5) is 0 Å². The summed E-state index contributed by atoms with van der Waals surface area (Å²) >= 11 is 0. The van der Waals surface area contributed by atoms with Gasteiger partial charge in [-0.05, 0) is 32.8 Å². The van der Waals surface area contributed by atoms with Crippen molar-refractivity contribution in [3.8, 4) is 0 Å². The minimum atomic E-state index is -3.49. The first kappa shape index (κ1) is 16.7. The predicted molar refractivity (Wildman–Crippen MR) is 77.8 cm³/mol. The highest BCUT2D eigenvalue weighted by Gasteiger charge is 2.27.